The quantitative estimate of drug-likeness (QED) is 0.790. The van der Waals surface area contributed by atoms with E-state index in [1.54, 1.807) is 18.5 Å². The first-order valence-corrected chi connectivity index (χ1v) is 10.5. The second-order valence-electron chi connectivity index (χ2n) is 7.43. The number of halogens is 1. The van der Waals surface area contributed by atoms with Crippen LogP contribution in [0.15, 0.2) is 36.7 Å². The molecule has 2 aromatic rings. The predicted molar refractivity (Wildman–Crippen MR) is 112 cm³/mol. The lowest BCUT2D eigenvalue weighted by Crippen LogP contribution is -2.35. The van der Waals surface area contributed by atoms with Crippen molar-refractivity contribution in [3.63, 3.8) is 0 Å². The van der Waals surface area contributed by atoms with E-state index in [0.717, 1.165) is 50.8 Å². The van der Waals surface area contributed by atoms with Gasteiger partial charge in [-0.3, -0.25) is 4.79 Å². The van der Waals surface area contributed by atoms with Gasteiger partial charge in [-0.15, -0.1) is 0 Å². The molecule has 1 aromatic heterocycles. The zero-order chi connectivity index (χ0) is 19.3. The second kappa shape index (κ2) is 8.78. The molecule has 0 aliphatic carbocycles. The van der Waals surface area contributed by atoms with E-state index in [-0.39, 0.29) is 5.91 Å². The van der Waals surface area contributed by atoms with Gasteiger partial charge in [-0.05, 0) is 43.9 Å². The number of carbonyl (C=O) groups is 1. The first-order chi connectivity index (χ1) is 13.7. The molecular weight excluding hydrogens is 374 g/mol. The van der Waals surface area contributed by atoms with Crippen molar-refractivity contribution in [3.05, 3.63) is 47.2 Å². The lowest BCUT2D eigenvalue weighted by molar-refractivity contribution is 0.0767. The Morgan fingerprint density at radius 2 is 1.54 bits per heavy atom. The zero-order valence-corrected chi connectivity index (χ0v) is 16.8. The summed E-state index contributed by atoms with van der Waals surface area (Å²) in [7, 11) is 0. The number of rotatable bonds is 3. The summed E-state index contributed by atoms with van der Waals surface area (Å²) >= 11 is 6.04. The zero-order valence-electron chi connectivity index (χ0n) is 16.1. The topological polar surface area (TPSA) is 52.6 Å². The van der Waals surface area contributed by atoms with Crippen molar-refractivity contribution in [2.24, 2.45) is 0 Å². The predicted octanol–water partition coefficient (Wildman–Crippen LogP) is 3.47. The van der Waals surface area contributed by atoms with E-state index in [9.17, 15) is 4.79 Å². The summed E-state index contributed by atoms with van der Waals surface area (Å²) in [4.78, 5) is 28.3. The van der Waals surface area contributed by atoms with Crippen LogP contribution in [0.4, 0.5) is 11.6 Å². The SMILES string of the molecule is O=C(c1cccc(Cl)c1)N1CCCN(c2cc(N3CCCCC3)ncn2)CC1. The number of hydrogen-bond acceptors (Lipinski definition) is 5. The van der Waals surface area contributed by atoms with E-state index >= 15 is 0 Å². The Morgan fingerprint density at radius 1 is 0.821 bits per heavy atom. The highest BCUT2D eigenvalue weighted by molar-refractivity contribution is 6.30. The molecule has 2 aliphatic heterocycles. The van der Waals surface area contributed by atoms with Gasteiger partial charge < -0.3 is 14.7 Å². The summed E-state index contributed by atoms with van der Waals surface area (Å²) in [6.07, 6.45) is 6.33. The fourth-order valence-electron chi connectivity index (χ4n) is 3.96. The average molecular weight is 400 g/mol. The fraction of sp³-hybridized carbons (Fsp3) is 0.476. The van der Waals surface area contributed by atoms with E-state index in [4.69, 9.17) is 11.6 Å². The molecule has 0 unspecified atom stereocenters. The summed E-state index contributed by atoms with van der Waals surface area (Å²) < 4.78 is 0. The first-order valence-electron chi connectivity index (χ1n) is 10.1. The van der Waals surface area contributed by atoms with Crippen molar-refractivity contribution in [2.75, 3.05) is 49.1 Å². The minimum absolute atomic E-state index is 0.0426. The Balaban J connectivity index is 1.43. The minimum atomic E-state index is 0.0426. The third-order valence-corrected chi connectivity index (χ3v) is 5.73. The standard InChI is InChI=1S/C21H26ClN5O/c22-18-7-4-6-17(14-18)21(28)27-11-5-10-26(12-13-27)20-15-19(23-16-24-20)25-8-2-1-3-9-25/h4,6-7,14-16H,1-3,5,8-13H2. The monoisotopic (exact) mass is 399 g/mol. The summed E-state index contributed by atoms with van der Waals surface area (Å²) in [6, 6.07) is 9.27. The Hall–Kier alpha value is -2.34. The fourth-order valence-corrected chi connectivity index (χ4v) is 4.15. The highest BCUT2D eigenvalue weighted by atomic mass is 35.5. The molecule has 0 spiro atoms. The van der Waals surface area contributed by atoms with Crippen molar-refractivity contribution >= 4 is 29.1 Å². The molecule has 6 nitrogen and oxygen atoms in total. The third kappa shape index (κ3) is 4.38. The number of hydrogen-bond donors (Lipinski definition) is 0. The minimum Gasteiger partial charge on any atom is -0.356 e. The van der Waals surface area contributed by atoms with E-state index < -0.39 is 0 Å². The molecule has 0 N–H and O–H groups in total. The maximum Gasteiger partial charge on any atom is 0.253 e. The van der Waals surface area contributed by atoms with Gasteiger partial charge in [-0.1, -0.05) is 17.7 Å². The largest absolute Gasteiger partial charge is 0.356 e. The lowest BCUT2D eigenvalue weighted by Gasteiger charge is -2.29. The summed E-state index contributed by atoms with van der Waals surface area (Å²) in [6.45, 7) is 5.20. The van der Waals surface area contributed by atoms with Crippen LogP contribution >= 0.6 is 11.6 Å². The van der Waals surface area contributed by atoms with Crippen LogP contribution < -0.4 is 9.80 Å². The highest BCUT2D eigenvalue weighted by Gasteiger charge is 2.22. The molecule has 1 amide bonds. The molecule has 2 fully saturated rings. The molecule has 7 heteroatoms. The number of nitrogens with zero attached hydrogens (tertiary/aromatic N) is 5. The van der Waals surface area contributed by atoms with Gasteiger partial charge in [0.2, 0.25) is 0 Å². The Morgan fingerprint density at radius 3 is 2.29 bits per heavy atom. The van der Waals surface area contributed by atoms with E-state index in [1.165, 1.54) is 19.3 Å². The smallest absolute Gasteiger partial charge is 0.253 e. The number of benzene rings is 1. The van der Waals surface area contributed by atoms with Crippen molar-refractivity contribution in [2.45, 2.75) is 25.7 Å². The molecule has 2 aliphatic rings. The molecule has 0 atom stereocenters. The number of carbonyl (C=O) groups excluding carboxylic acids is 1. The molecule has 3 heterocycles. The van der Waals surface area contributed by atoms with Crippen molar-refractivity contribution in [1.82, 2.24) is 14.9 Å². The van der Waals surface area contributed by atoms with E-state index in [1.807, 2.05) is 17.0 Å². The van der Waals surface area contributed by atoms with Crippen LogP contribution in [0, 0.1) is 0 Å². The van der Waals surface area contributed by atoms with Crippen LogP contribution in [0.2, 0.25) is 5.02 Å². The van der Waals surface area contributed by atoms with Crippen LogP contribution in [0.1, 0.15) is 36.0 Å². The molecule has 0 radical (unpaired) electrons. The van der Waals surface area contributed by atoms with Crippen LogP contribution in [0.5, 0.6) is 0 Å². The van der Waals surface area contributed by atoms with Crippen molar-refractivity contribution in [1.29, 1.82) is 0 Å². The first kappa shape index (κ1) is 19.0. The average Bonchev–Trinajstić information content (AvgIpc) is 3.00. The summed E-state index contributed by atoms with van der Waals surface area (Å²) in [5.74, 6) is 2.01. The van der Waals surface area contributed by atoms with E-state index in [0.29, 0.717) is 17.1 Å². The van der Waals surface area contributed by atoms with Crippen molar-refractivity contribution < 1.29 is 4.79 Å². The highest BCUT2D eigenvalue weighted by Crippen LogP contribution is 2.22. The molecule has 148 valence electrons. The lowest BCUT2D eigenvalue weighted by atomic mass is 10.1. The van der Waals surface area contributed by atoms with Crippen LogP contribution in [-0.2, 0) is 0 Å². The van der Waals surface area contributed by atoms with Crippen molar-refractivity contribution in [3.8, 4) is 0 Å². The number of amides is 1. The normalized spacial score (nSPS) is 18.1. The van der Waals surface area contributed by atoms with Gasteiger partial charge in [0.1, 0.15) is 18.0 Å². The molecule has 1 aromatic carbocycles. The van der Waals surface area contributed by atoms with Gasteiger partial charge in [0.25, 0.3) is 5.91 Å². The molecule has 28 heavy (non-hydrogen) atoms. The Bertz CT molecular complexity index is 824. The maximum absolute atomic E-state index is 12.8. The van der Waals surface area contributed by atoms with Gasteiger partial charge in [0.15, 0.2) is 0 Å². The third-order valence-electron chi connectivity index (χ3n) is 5.50. The van der Waals surface area contributed by atoms with Gasteiger partial charge in [0, 0.05) is 55.9 Å². The molecule has 0 saturated carbocycles. The molecule has 4 rings (SSSR count). The Kier molecular flexibility index (Phi) is 5.95. The number of piperidine rings is 1. The summed E-state index contributed by atoms with van der Waals surface area (Å²) in [5, 5.41) is 0.591. The van der Waals surface area contributed by atoms with Gasteiger partial charge in [-0.25, -0.2) is 9.97 Å². The van der Waals surface area contributed by atoms with Crippen LogP contribution in [0.25, 0.3) is 0 Å². The summed E-state index contributed by atoms with van der Waals surface area (Å²) in [5.41, 5.74) is 0.648. The van der Waals surface area contributed by atoms with Gasteiger partial charge >= 0.3 is 0 Å². The Labute approximate surface area is 171 Å². The van der Waals surface area contributed by atoms with Crippen LogP contribution in [-0.4, -0.2) is 60.0 Å². The number of aromatic nitrogens is 2. The van der Waals surface area contributed by atoms with Gasteiger partial charge in [-0.2, -0.15) is 0 Å². The van der Waals surface area contributed by atoms with Gasteiger partial charge in [0.05, 0.1) is 0 Å². The molecule has 2 saturated heterocycles. The maximum atomic E-state index is 12.8. The molecule has 0 bridgehead atoms. The number of anilines is 2. The van der Waals surface area contributed by atoms with Crippen LogP contribution in [0.3, 0.4) is 0 Å². The molecular formula is C21H26ClN5O. The van der Waals surface area contributed by atoms with E-state index in [2.05, 4.69) is 25.8 Å². The second-order valence-corrected chi connectivity index (χ2v) is 7.86.